The Labute approximate surface area is 189 Å². The highest BCUT2D eigenvalue weighted by molar-refractivity contribution is 6.30. The molecule has 2 aliphatic rings. The van der Waals surface area contributed by atoms with E-state index < -0.39 is 34.5 Å². The summed E-state index contributed by atoms with van der Waals surface area (Å²) >= 11 is 5.96. The number of nitro benzene ring substituents is 1. The smallest absolute Gasteiger partial charge is 0.272 e. The number of hydrogen-bond acceptors (Lipinski definition) is 5. The van der Waals surface area contributed by atoms with Crippen molar-refractivity contribution in [3.8, 4) is 0 Å². The van der Waals surface area contributed by atoms with Crippen LogP contribution in [0.3, 0.4) is 0 Å². The third kappa shape index (κ3) is 4.01. The molecule has 0 radical (unpaired) electrons. The summed E-state index contributed by atoms with van der Waals surface area (Å²) < 4.78 is 0. The Balaban J connectivity index is 1.70. The molecule has 32 heavy (non-hydrogen) atoms. The maximum atomic E-state index is 13.4. The van der Waals surface area contributed by atoms with Crippen molar-refractivity contribution in [2.45, 2.75) is 26.3 Å². The van der Waals surface area contributed by atoms with E-state index in [4.69, 9.17) is 11.6 Å². The van der Waals surface area contributed by atoms with Crippen LogP contribution in [0.2, 0.25) is 5.02 Å². The topological polar surface area (TPSA) is 101 Å². The van der Waals surface area contributed by atoms with Crippen molar-refractivity contribution in [2.75, 3.05) is 0 Å². The number of allylic oxidation sites excluding steroid dienone is 2. The number of nitro groups is 1. The summed E-state index contributed by atoms with van der Waals surface area (Å²) in [6.07, 6.45) is 2.89. The molecule has 0 spiro atoms. The molecule has 1 saturated heterocycles. The van der Waals surface area contributed by atoms with E-state index in [1.165, 1.54) is 24.3 Å². The number of hydrogen-bond donors (Lipinski definition) is 0. The van der Waals surface area contributed by atoms with Crippen LogP contribution in [0.15, 0.2) is 60.2 Å². The van der Waals surface area contributed by atoms with Crippen LogP contribution in [0.25, 0.3) is 0 Å². The standard InChI is InChI=1S/C23H20ClN3O5/c1-14-2-11-19-20(12-14)23(30)26(22(19)29)25(13-15-3-7-17(24)8-4-15)21(28)16-5-9-18(10-6-16)27(31)32/h2-10,19-20H,11-13H2,1H3/t19-,20+/m1/s1. The predicted molar refractivity (Wildman–Crippen MR) is 116 cm³/mol. The highest BCUT2D eigenvalue weighted by atomic mass is 35.5. The van der Waals surface area contributed by atoms with Crippen molar-refractivity contribution < 1.29 is 19.3 Å². The van der Waals surface area contributed by atoms with Crippen molar-refractivity contribution in [3.05, 3.63) is 86.4 Å². The first-order valence-electron chi connectivity index (χ1n) is 10.1. The first-order chi connectivity index (χ1) is 15.3. The van der Waals surface area contributed by atoms with Crippen molar-refractivity contribution in [3.63, 3.8) is 0 Å². The normalized spacial score (nSPS) is 20.1. The van der Waals surface area contributed by atoms with Crippen molar-refractivity contribution in [2.24, 2.45) is 11.8 Å². The largest absolute Gasteiger partial charge is 0.273 e. The summed E-state index contributed by atoms with van der Waals surface area (Å²) in [4.78, 5) is 50.2. The van der Waals surface area contributed by atoms with Gasteiger partial charge in [-0.15, -0.1) is 0 Å². The third-order valence-corrected chi connectivity index (χ3v) is 6.10. The maximum absolute atomic E-state index is 13.4. The molecule has 1 aliphatic carbocycles. The van der Waals surface area contributed by atoms with Crippen LogP contribution in [0.5, 0.6) is 0 Å². The zero-order chi connectivity index (χ0) is 23.0. The minimum atomic E-state index is -0.597. The number of nitrogens with zero attached hydrogens (tertiary/aromatic N) is 3. The molecule has 0 aromatic heterocycles. The summed E-state index contributed by atoms with van der Waals surface area (Å²) in [5.74, 6) is -2.40. The van der Waals surface area contributed by atoms with Crippen molar-refractivity contribution in [1.82, 2.24) is 10.0 Å². The molecule has 2 aromatic carbocycles. The lowest BCUT2D eigenvalue weighted by Gasteiger charge is -2.30. The molecule has 9 heteroatoms. The molecule has 0 N–H and O–H groups in total. The summed E-state index contributed by atoms with van der Waals surface area (Å²) in [7, 11) is 0. The fourth-order valence-electron chi connectivity index (χ4n) is 4.13. The van der Waals surface area contributed by atoms with E-state index in [9.17, 15) is 24.5 Å². The molecule has 1 heterocycles. The number of imide groups is 1. The van der Waals surface area contributed by atoms with Gasteiger partial charge in [-0.2, -0.15) is 5.01 Å². The lowest BCUT2D eigenvalue weighted by molar-refractivity contribution is -0.384. The number of rotatable bonds is 5. The summed E-state index contributed by atoms with van der Waals surface area (Å²) in [5.41, 5.74) is 1.69. The Kier molecular flexibility index (Phi) is 5.80. The monoisotopic (exact) mass is 453 g/mol. The van der Waals surface area contributed by atoms with Crippen LogP contribution in [-0.2, 0) is 16.1 Å². The van der Waals surface area contributed by atoms with E-state index in [1.54, 1.807) is 24.3 Å². The highest BCUT2D eigenvalue weighted by Crippen LogP contribution is 2.39. The number of benzene rings is 2. The van der Waals surface area contributed by atoms with Crippen LogP contribution >= 0.6 is 11.6 Å². The molecule has 2 atom stereocenters. The Morgan fingerprint density at radius 2 is 1.72 bits per heavy atom. The number of non-ortho nitro benzene ring substituents is 1. The molecule has 8 nitrogen and oxygen atoms in total. The number of carbonyl (C=O) groups is 3. The van der Waals surface area contributed by atoms with Gasteiger partial charge >= 0.3 is 0 Å². The van der Waals surface area contributed by atoms with E-state index in [2.05, 4.69) is 0 Å². The van der Waals surface area contributed by atoms with Gasteiger partial charge in [0.25, 0.3) is 23.4 Å². The van der Waals surface area contributed by atoms with Gasteiger partial charge in [-0.3, -0.25) is 24.5 Å². The van der Waals surface area contributed by atoms with Gasteiger partial charge in [0.05, 0.1) is 23.3 Å². The van der Waals surface area contributed by atoms with Gasteiger partial charge in [0.1, 0.15) is 0 Å². The second kappa shape index (κ2) is 8.55. The van der Waals surface area contributed by atoms with Gasteiger partial charge in [0.2, 0.25) is 0 Å². The van der Waals surface area contributed by atoms with E-state index in [-0.39, 0.29) is 17.8 Å². The molecule has 1 aliphatic heterocycles. The van der Waals surface area contributed by atoms with Crippen LogP contribution in [0.1, 0.15) is 35.7 Å². The number of amides is 3. The third-order valence-electron chi connectivity index (χ3n) is 5.85. The average Bonchev–Trinajstić information content (AvgIpc) is 3.02. The van der Waals surface area contributed by atoms with Gasteiger partial charge in [-0.25, -0.2) is 5.01 Å². The van der Waals surface area contributed by atoms with Gasteiger partial charge in [0, 0.05) is 22.7 Å². The average molecular weight is 454 g/mol. The minimum absolute atomic E-state index is 0.0314. The molecule has 0 saturated carbocycles. The van der Waals surface area contributed by atoms with E-state index in [0.717, 1.165) is 15.6 Å². The van der Waals surface area contributed by atoms with Crippen LogP contribution < -0.4 is 0 Å². The first kappa shape index (κ1) is 21.7. The summed E-state index contributed by atoms with van der Waals surface area (Å²) in [6.45, 7) is 1.89. The SMILES string of the molecule is CC1=CC[C@H]2C(=O)N(N(Cc3ccc(Cl)cc3)C(=O)c3ccc([N+](=O)[O-])cc3)C(=O)[C@H]2C1. The van der Waals surface area contributed by atoms with Gasteiger partial charge < -0.3 is 0 Å². The lowest BCUT2D eigenvalue weighted by Crippen LogP contribution is -2.49. The fraction of sp³-hybridized carbons (Fsp3) is 0.261. The molecular weight excluding hydrogens is 434 g/mol. The van der Waals surface area contributed by atoms with Crippen LogP contribution in [-0.4, -0.2) is 32.7 Å². The van der Waals surface area contributed by atoms with E-state index in [0.29, 0.717) is 23.4 Å². The van der Waals surface area contributed by atoms with Crippen LogP contribution in [0, 0.1) is 22.0 Å². The molecule has 2 aromatic rings. The predicted octanol–water partition coefficient (Wildman–Crippen LogP) is 4.15. The number of halogens is 1. The van der Waals surface area contributed by atoms with Gasteiger partial charge in [-0.05, 0) is 49.6 Å². The number of carbonyl (C=O) groups excluding carboxylic acids is 3. The molecular formula is C23H20ClN3O5. The Hall–Kier alpha value is -3.52. The quantitative estimate of drug-likeness (QED) is 0.293. The summed E-state index contributed by atoms with van der Waals surface area (Å²) in [5, 5.41) is 13.6. The molecule has 0 unspecified atom stereocenters. The molecule has 3 amide bonds. The maximum Gasteiger partial charge on any atom is 0.273 e. The van der Waals surface area contributed by atoms with E-state index >= 15 is 0 Å². The first-order valence-corrected chi connectivity index (χ1v) is 10.5. The molecule has 164 valence electrons. The molecule has 4 rings (SSSR count). The highest BCUT2D eigenvalue weighted by Gasteiger charge is 2.51. The summed E-state index contributed by atoms with van der Waals surface area (Å²) in [6, 6.07) is 11.8. The Morgan fingerprint density at radius 1 is 1.09 bits per heavy atom. The number of hydrazine groups is 1. The van der Waals surface area contributed by atoms with Crippen molar-refractivity contribution in [1.29, 1.82) is 0 Å². The molecule has 0 bridgehead atoms. The zero-order valence-electron chi connectivity index (χ0n) is 17.2. The fourth-order valence-corrected chi connectivity index (χ4v) is 4.25. The van der Waals surface area contributed by atoms with Crippen LogP contribution in [0.4, 0.5) is 5.69 Å². The zero-order valence-corrected chi connectivity index (χ0v) is 18.0. The lowest BCUT2D eigenvalue weighted by atomic mass is 9.82. The van der Waals surface area contributed by atoms with Gasteiger partial charge in [0.15, 0.2) is 0 Å². The second-order valence-corrected chi connectivity index (χ2v) is 8.42. The van der Waals surface area contributed by atoms with Crippen molar-refractivity contribution >= 4 is 35.0 Å². The number of fused-ring (bicyclic) bond motifs is 1. The van der Waals surface area contributed by atoms with Gasteiger partial charge in [-0.1, -0.05) is 35.4 Å². The van der Waals surface area contributed by atoms with E-state index in [1.807, 2.05) is 13.0 Å². The Bertz CT molecular complexity index is 1130. The molecule has 1 fully saturated rings. The minimum Gasteiger partial charge on any atom is -0.272 e. The Morgan fingerprint density at radius 3 is 2.34 bits per heavy atom. The second-order valence-electron chi connectivity index (χ2n) is 7.98.